The van der Waals surface area contributed by atoms with Crippen LogP contribution in [0.15, 0.2) is 65.6 Å². The summed E-state index contributed by atoms with van der Waals surface area (Å²) in [6, 6.07) is 19.9. The topological polar surface area (TPSA) is 103 Å². The molecule has 33 heavy (non-hydrogen) atoms. The summed E-state index contributed by atoms with van der Waals surface area (Å²) >= 11 is 1.44. The fraction of sp³-hybridized carbons (Fsp3) is 0.208. The number of sulfonamides is 1. The predicted molar refractivity (Wildman–Crippen MR) is 128 cm³/mol. The predicted octanol–water partition coefficient (Wildman–Crippen LogP) is 4.36. The zero-order chi connectivity index (χ0) is 23.0. The number of piperidine rings is 1. The Kier molecular flexibility index (Phi) is 5.58. The molecule has 4 aromatic rings. The molecule has 7 nitrogen and oxygen atoms in total. The number of amides is 1. The van der Waals surface area contributed by atoms with Crippen molar-refractivity contribution in [2.24, 2.45) is 5.92 Å². The van der Waals surface area contributed by atoms with Crippen LogP contribution in [-0.4, -0.2) is 36.7 Å². The van der Waals surface area contributed by atoms with Crippen molar-refractivity contribution in [3.8, 4) is 6.07 Å². The van der Waals surface area contributed by atoms with E-state index in [1.54, 1.807) is 0 Å². The lowest BCUT2D eigenvalue weighted by Gasteiger charge is -2.30. The smallest absolute Gasteiger partial charge is 0.243 e. The number of thiazole rings is 1. The quantitative estimate of drug-likeness (QED) is 0.471. The molecule has 1 aliphatic heterocycles. The molecule has 1 amide bonds. The third-order valence-corrected chi connectivity index (χ3v) is 8.81. The van der Waals surface area contributed by atoms with Crippen molar-refractivity contribution < 1.29 is 13.2 Å². The van der Waals surface area contributed by atoms with Crippen LogP contribution in [0.4, 0.5) is 5.13 Å². The number of nitriles is 1. The van der Waals surface area contributed by atoms with Crippen molar-refractivity contribution in [2.75, 3.05) is 18.4 Å². The molecule has 166 valence electrons. The van der Waals surface area contributed by atoms with Crippen LogP contribution in [0.1, 0.15) is 18.4 Å². The molecule has 1 N–H and O–H groups in total. The number of aromatic nitrogens is 1. The molecule has 0 aliphatic carbocycles. The Morgan fingerprint density at radius 1 is 1.06 bits per heavy atom. The lowest BCUT2D eigenvalue weighted by molar-refractivity contribution is -0.120. The molecule has 0 atom stereocenters. The highest BCUT2D eigenvalue weighted by atomic mass is 32.2. The summed E-state index contributed by atoms with van der Waals surface area (Å²) in [5.74, 6) is -0.407. The Balaban J connectivity index is 1.26. The van der Waals surface area contributed by atoms with Crippen LogP contribution >= 0.6 is 11.3 Å². The van der Waals surface area contributed by atoms with Gasteiger partial charge in [0.15, 0.2) is 5.13 Å². The molecule has 0 spiro atoms. The Morgan fingerprint density at radius 2 is 1.79 bits per heavy atom. The van der Waals surface area contributed by atoms with E-state index >= 15 is 0 Å². The number of nitrogens with one attached hydrogen (secondary N) is 1. The maximum Gasteiger partial charge on any atom is 0.243 e. The highest BCUT2D eigenvalue weighted by Crippen LogP contribution is 2.32. The van der Waals surface area contributed by atoms with Gasteiger partial charge >= 0.3 is 0 Å². The second kappa shape index (κ2) is 8.56. The van der Waals surface area contributed by atoms with Gasteiger partial charge in [-0.25, -0.2) is 13.4 Å². The first-order valence-electron chi connectivity index (χ1n) is 10.6. The second-order valence-corrected chi connectivity index (χ2v) is 10.9. The molecule has 0 bridgehead atoms. The molecule has 1 fully saturated rings. The van der Waals surface area contributed by atoms with E-state index in [0.29, 0.717) is 23.5 Å². The summed E-state index contributed by atoms with van der Waals surface area (Å²) in [5.41, 5.74) is 1.28. The molecule has 1 saturated heterocycles. The first kappa shape index (κ1) is 21.5. The van der Waals surface area contributed by atoms with Gasteiger partial charge in [-0.05, 0) is 48.6 Å². The third-order valence-electron chi connectivity index (χ3n) is 5.96. The highest BCUT2D eigenvalue weighted by Gasteiger charge is 2.32. The summed E-state index contributed by atoms with van der Waals surface area (Å²) in [6.07, 6.45) is 0.879. The van der Waals surface area contributed by atoms with Gasteiger partial charge in [-0.3, -0.25) is 4.79 Å². The molecule has 1 aromatic heterocycles. The number of hydrogen-bond donors (Lipinski definition) is 1. The van der Waals surface area contributed by atoms with Crippen LogP contribution < -0.4 is 5.32 Å². The number of nitrogens with zero attached hydrogens (tertiary/aromatic N) is 3. The lowest BCUT2D eigenvalue weighted by atomic mass is 9.97. The maximum atomic E-state index is 12.9. The second-order valence-electron chi connectivity index (χ2n) is 7.96. The molecular weight excluding hydrogens is 456 g/mol. The van der Waals surface area contributed by atoms with E-state index in [4.69, 9.17) is 5.26 Å². The average Bonchev–Trinajstić information content (AvgIpc) is 3.27. The molecule has 3 aromatic carbocycles. The van der Waals surface area contributed by atoms with Gasteiger partial charge in [0, 0.05) is 24.4 Å². The summed E-state index contributed by atoms with van der Waals surface area (Å²) in [4.78, 5) is 17.7. The molecule has 9 heteroatoms. The highest BCUT2D eigenvalue weighted by molar-refractivity contribution is 7.89. The van der Waals surface area contributed by atoms with E-state index in [1.165, 1.54) is 39.9 Å². The van der Waals surface area contributed by atoms with Crippen LogP contribution in [0.25, 0.3) is 21.0 Å². The van der Waals surface area contributed by atoms with Crippen molar-refractivity contribution in [2.45, 2.75) is 17.7 Å². The van der Waals surface area contributed by atoms with Gasteiger partial charge in [0.05, 0.1) is 26.7 Å². The fourth-order valence-electron chi connectivity index (χ4n) is 4.13. The molecule has 0 radical (unpaired) electrons. The van der Waals surface area contributed by atoms with Gasteiger partial charge in [0.1, 0.15) is 0 Å². The summed E-state index contributed by atoms with van der Waals surface area (Å²) in [6.45, 7) is 0.538. The van der Waals surface area contributed by atoms with Crippen molar-refractivity contribution in [1.82, 2.24) is 9.29 Å². The van der Waals surface area contributed by atoms with Gasteiger partial charge in [0.2, 0.25) is 15.9 Å². The minimum atomic E-state index is -3.65. The number of hydrogen-bond acceptors (Lipinski definition) is 6. The first-order valence-corrected chi connectivity index (χ1v) is 12.8. The fourth-order valence-corrected chi connectivity index (χ4v) is 6.49. The number of fused-ring (bicyclic) bond motifs is 3. The van der Waals surface area contributed by atoms with Gasteiger partial charge in [0.25, 0.3) is 0 Å². The number of benzene rings is 3. The number of carbonyl (C=O) groups is 1. The van der Waals surface area contributed by atoms with Crippen molar-refractivity contribution >= 4 is 53.4 Å². The van der Waals surface area contributed by atoms with Gasteiger partial charge in [-0.2, -0.15) is 9.57 Å². The van der Waals surface area contributed by atoms with Crippen LogP contribution in [0.5, 0.6) is 0 Å². The van der Waals surface area contributed by atoms with E-state index in [-0.39, 0.29) is 29.8 Å². The van der Waals surface area contributed by atoms with E-state index in [1.807, 2.05) is 42.5 Å². The van der Waals surface area contributed by atoms with Gasteiger partial charge < -0.3 is 5.32 Å². The zero-order valence-corrected chi connectivity index (χ0v) is 19.2. The molecule has 0 unspecified atom stereocenters. The van der Waals surface area contributed by atoms with Crippen molar-refractivity contribution in [1.29, 1.82) is 5.26 Å². The summed E-state index contributed by atoms with van der Waals surface area (Å²) < 4.78 is 28.2. The SMILES string of the molecule is N#Cc1ccc(S(=O)(=O)N2CCC(C(=O)Nc3nc4c(ccc5ccccc54)s3)CC2)cc1. The monoisotopic (exact) mass is 476 g/mol. The molecular formula is C24H20N4O3S2. The lowest BCUT2D eigenvalue weighted by Crippen LogP contribution is -2.41. The first-order chi connectivity index (χ1) is 16.0. The van der Waals surface area contributed by atoms with Gasteiger partial charge in [-0.15, -0.1) is 0 Å². The van der Waals surface area contributed by atoms with Crippen LogP contribution in [0.3, 0.4) is 0 Å². The third kappa shape index (κ3) is 4.09. The molecule has 0 saturated carbocycles. The van der Waals surface area contributed by atoms with E-state index < -0.39 is 10.0 Å². The standard InChI is InChI=1S/C24H20N4O3S2/c25-15-16-5-8-19(9-6-16)33(30,31)28-13-11-18(12-14-28)23(29)27-24-26-22-20-4-2-1-3-17(20)7-10-21(22)32-24/h1-10,18H,11-14H2,(H,26,27,29). The van der Waals surface area contributed by atoms with Crippen LogP contribution in [0, 0.1) is 17.2 Å². The molecule has 2 heterocycles. The minimum absolute atomic E-state index is 0.131. The number of carbonyl (C=O) groups excluding carboxylic acids is 1. The van der Waals surface area contributed by atoms with Crippen LogP contribution in [-0.2, 0) is 14.8 Å². The average molecular weight is 477 g/mol. The summed E-state index contributed by atoms with van der Waals surface area (Å²) in [5, 5.41) is 14.5. The number of rotatable bonds is 4. The van der Waals surface area contributed by atoms with E-state index in [2.05, 4.69) is 10.3 Å². The van der Waals surface area contributed by atoms with Crippen molar-refractivity contribution in [3.63, 3.8) is 0 Å². The van der Waals surface area contributed by atoms with Gasteiger partial charge in [-0.1, -0.05) is 41.7 Å². The molecule has 5 rings (SSSR count). The normalized spacial score (nSPS) is 15.5. The van der Waals surface area contributed by atoms with Crippen molar-refractivity contribution in [3.05, 3.63) is 66.2 Å². The molecule has 1 aliphatic rings. The largest absolute Gasteiger partial charge is 0.302 e. The maximum absolute atomic E-state index is 12.9. The Bertz CT molecular complexity index is 1500. The minimum Gasteiger partial charge on any atom is -0.302 e. The van der Waals surface area contributed by atoms with E-state index in [0.717, 1.165) is 21.0 Å². The van der Waals surface area contributed by atoms with E-state index in [9.17, 15) is 13.2 Å². The number of anilines is 1. The Labute approximate surface area is 195 Å². The Morgan fingerprint density at radius 3 is 2.52 bits per heavy atom. The van der Waals surface area contributed by atoms with Crippen LogP contribution in [0.2, 0.25) is 0 Å². The Hall–Kier alpha value is -3.32. The zero-order valence-electron chi connectivity index (χ0n) is 17.6. The summed E-state index contributed by atoms with van der Waals surface area (Å²) in [7, 11) is -3.65.